The second kappa shape index (κ2) is 7.89. The van der Waals surface area contributed by atoms with Gasteiger partial charge < -0.3 is 14.5 Å². The van der Waals surface area contributed by atoms with Gasteiger partial charge in [0.1, 0.15) is 17.9 Å². The van der Waals surface area contributed by atoms with Crippen LogP contribution in [-0.4, -0.2) is 53.0 Å². The average molecular weight is 393 g/mol. The summed E-state index contributed by atoms with van der Waals surface area (Å²) in [6.07, 6.45) is 8.96. The quantitative estimate of drug-likeness (QED) is 0.664. The van der Waals surface area contributed by atoms with Gasteiger partial charge in [-0.15, -0.1) is 0 Å². The van der Waals surface area contributed by atoms with Gasteiger partial charge in [0.25, 0.3) is 0 Å². The van der Waals surface area contributed by atoms with Crippen molar-refractivity contribution in [2.45, 2.75) is 32.2 Å². The zero-order chi connectivity index (χ0) is 19.6. The molecule has 29 heavy (non-hydrogen) atoms. The molecule has 1 saturated carbocycles. The van der Waals surface area contributed by atoms with Gasteiger partial charge in [-0.3, -0.25) is 0 Å². The zero-order valence-corrected chi connectivity index (χ0v) is 17.0. The van der Waals surface area contributed by atoms with Gasteiger partial charge >= 0.3 is 0 Å². The van der Waals surface area contributed by atoms with Crippen LogP contribution in [0, 0.1) is 5.92 Å². The van der Waals surface area contributed by atoms with E-state index >= 15 is 0 Å². The van der Waals surface area contributed by atoms with E-state index in [9.17, 15) is 0 Å². The normalized spacial score (nSPS) is 18.0. The second-order valence-electron chi connectivity index (χ2n) is 8.06. The van der Waals surface area contributed by atoms with Crippen molar-refractivity contribution in [1.29, 1.82) is 0 Å². The van der Waals surface area contributed by atoms with Crippen LogP contribution in [-0.2, 0) is 6.54 Å². The minimum absolute atomic E-state index is 0.737. The zero-order valence-electron chi connectivity index (χ0n) is 17.0. The highest BCUT2D eigenvalue weighted by Gasteiger charge is 2.24. The molecule has 2 fully saturated rings. The molecule has 0 amide bonds. The highest BCUT2D eigenvalue weighted by Crippen LogP contribution is 2.31. The molecule has 5 rings (SSSR count). The molecule has 1 aliphatic heterocycles. The number of piperazine rings is 1. The predicted octanol–water partition coefficient (Wildman–Crippen LogP) is 3.35. The summed E-state index contributed by atoms with van der Waals surface area (Å²) in [6, 6.07) is 8.23. The molecule has 1 aromatic carbocycles. The summed E-state index contributed by atoms with van der Waals surface area (Å²) in [5, 5.41) is 5.73. The number of aromatic nitrogens is 4. The monoisotopic (exact) mass is 392 g/mol. The van der Waals surface area contributed by atoms with Gasteiger partial charge in [-0.1, -0.05) is 25.0 Å². The van der Waals surface area contributed by atoms with Crippen LogP contribution in [0.3, 0.4) is 0 Å². The van der Waals surface area contributed by atoms with Crippen LogP contribution in [0.15, 0.2) is 36.8 Å². The van der Waals surface area contributed by atoms with Crippen LogP contribution in [0.25, 0.3) is 11.0 Å². The first kappa shape index (κ1) is 18.2. The fourth-order valence-electron chi connectivity index (χ4n) is 4.75. The number of para-hydroxylation sites is 2. The molecule has 0 radical (unpaired) electrons. The van der Waals surface area contributed by atoms with E-state index in [0.29, 0.717) is 0 Å². The number of nitrogens with zero attached hydrogens (tertiary/aromatic N) is 6. The average Bonchev–Trinajstić information content (AvgIpc) is 3.44. The van der Waals surface area contributed by atoms with Crippen molar-refractivity contribution in [3.8, 4) is 5.75 Å². The molecule has 0 N–H and O–H groups in total. The number of rotatable bonds is 5. The van der Waals surface area contributed by atoms with E-state index in [0.717, 1.165) is 66.9 Å². The van der Waals surface area contributed by atoms with E-state index < -0.39 is 0 Å². The molecule has 0 bridgehead atoms. The van der Waals surface area contributed by atoms with Gasteiger partial charge in [-0.2, -0.15) is 5.10 Å². The Kier molecular flexibility index (Phi) is 4.96. The third-order valence-electron chi connectivity index (χ3n) is 6.32. The maximum Gasteiger partial charge on any atom is 0.163 e. The van der Waals surface area contributed by atoms with Crippen molar-refractivity contribution in [3.05, 3.63) is 36.8 Å². The lowest BCUT2D eigenvalue weighted by molar-refractivity contribution is 0.413. The Morgan fingerprint density at radius 2 is 1.76 bits per heavy atom. The lowest BCUT2D eigenvalue weighted by atomic mass is 10.1. The van der Waals surface area contributed by atoms with Gasteiger partial charge in [0.05, 0.1) is 24.4 Å². The van der Waals surface area contributed by atoms with E-state index in [2.05, 4.69) is 41.7 Å². The molecular weight excluding hydrogens is 364 g/mol. The number of fused-ring (bicyclic) bond motifs is 1. The molecule has 1 aliphatic carbocycles. The van der Waals surface area contributed by atoms with Gasteiger partial charge in [-0.05, 0) is 30.9 Å². The minimum atomic E-state index is 0.737. The first-order chi connectivity index (χ1) is 14.3. The highest BCUT2D eigenvalue weighted by atomic mass is 16.5. The number of hydrogen-bond donors (Lipinski definition) is 0. The number of methoxy groups -OCH3 is 1. The van der Waals surface area contributed by atoms with E-state index in [1.807, 2.05) is 18.3 Å². The van der Waals surface area contributed by atoms with E-state index in [4.69, 9.17) is 4.74 Å². The van der Waals surface area contributed by atoms with Gasteiger partial charge in [0.2, 0.25) is 0 Å². The van der Waals surface area contributed by atoms with E-state index in [1.54, 1.807) is 13.4 Å². The number of hydrogen-bond acceptors (Lipinski definition) is 6. The summed E-state index contributed by atoms with van der Waals surface area (Å²) in [5.41, 5.74) is 2.13. The van der Waals surface area contributed by atoms with Crippen LogP contribution in [0.2, 0.25) is 0 Å². The summed E-state index contributed by atoms with van der Waals surface area (Å²) in [5.74, 6) is 2.67. The molecule has 7 heteroatoms. The van der Waals surface area contributed by atoms with Crippen molar-refractivity contribution in [2.75, 3.05) is 43.1 Å². The van der Waals surface area contributed by atoms with E-state index in [1.165, 1.54) is 25.7 Å². The maximum absolute atomic E-state index is 5.54. The van der Waals surface area contributed by atoms with Crippen LogP contribution in [0.1, 0.15) is 25.7 Å². The Morgan fingerprint density at radius 3 is 2.55 bits per heavy atom. The van der Waals surface area contributed by atoms with Gasteiger partial charge in [-0.25, -0.2) is 14.6 Å². The third-order valence-corrected chi connectivity index (χ3v) is 6.32. The Morgan fingerprint density at radius 1 is 1.00 bits per heavy atom. The van der Waals surface area contributed by atoms with Crippen LogP contribution in [0.5, 0.6) is 5.75 Å². The van der Waals surface area contributed by atoms with Crippen LogP contribution < -0.4 is 14.5 Å². The molecule has 3 heterocycles. The number of anilines is 2. The van der Waals surface area contributed by atoms with Crippen molar-refractivity contribution >= 4 is 22.5 Å². The molecule has 1 saturated heterocycles. The Labute approximate surface area is 171 Å². The Hall–Kier alpha value is -2.83. The predicted molar refractivity (Wildman–Crippen MR) is 115 cm³/mol. The molecule has 0 spiro atoms. The minimum Gasteiger partial charge on any atom is -0.495 e. The first-order valence-corrected chi connectivity index (χ1v) is 10.6. The standard InChI is InChI=1S/C22H28N6O/c1-29-20-9-5-4-8-19(20)26-10-12-27(13-11-26)21-18-14-25-28(22(18)24-16-23-21)15-17-6-2-3-7-17/h4-5,8-9,14,16-17H,2-3,6-7,10-13,15H2,1H3. The summed E-state index contributed by atoms with van der Waals surface area (Å²) in [4.78, 5) is 13.9. The van der Waals surface area contributed by atoms with Crippen molar-refractivity contribution in [3.63, 3.8) is 0 Å². The molecule has 152 valence electrons. The Balaban J connectivity index is 1.33. The molecule has 2 aromatic heterocycles. The molecule has 2 aliphatic rings. The molecule has 0 unspecified atom stereocenters. The summed E-state index contributed by atoms with van der Waals surface area (Å²) in [6.45, 7) is 4.67. The van der Waals surface area contributed by atoms with Crippen molar-refractivity contribution < 1.29 is 4.74 Å². The highest BCUT2D eigenvalue weighted by molar-refractivity contribution is 5.86. The number of benzene rings is 1. The van der Waals surface area contributed by atoms with Crippen molar-refractivity contribution in [2.24, 2.45) is 5.92 Å². The van der Waals surface area contributed by atoms with E-state index in [-0.39, 0.29) is 0 Å². The maximum atomic E-state index is 5.54. The first-order valence-electron chi connectivity index (χ1n) is 10.6. The largest absolute Gasteiger partial charge is 0.495 e. The molecule has 0 atom stereocenters. The Bertz CT molecular complexity index is 972. The van der Waals surface area contributed by atoms with Gasteiger partial charge in [0.15, 0.2) is 5.65 Å². The molecule has 3 aromatic rings. The lowest BCUT2D eigenvalue weighted by Gasteiger charge is -2.37. The summed E-state index contributed by atoms with van der Waals surface area (Å²) < 4.78 is 7.62. The lowest BCUT2D eigenvalue weighted by Crippen LogP contribution is -2.47. The molecule has 7 nitrogen and oxygen atoms in total. The molecular formula is C22H28N6O. The second-order valence-corrected chi connectivity index (χ2v) is 8.06. The summed E-state index contributed by atoms with van der Waals surface area (Å²) >= 11 is 0. The van der Waals surface area contributed by atoms with Crippen LogP contribution in [0.4, 0.5) is 11.5 Å². The van der Waals surface area contributed by atoms with Crippen molar-refractivity contribution in [1.82, 2.24) is 19.7 Å². The smallest absolute Gasteiger partial charge is 0.163 e. The number of ether oxygens (including phenoxy) is 1. The topological polar surface area (TPSA) is 59.3 Å². The van der Waals surface area contributed by atoms with Gasteiger partial charge in [0, 0.05) is 32.7 Å². The summed E-state index contributed by atoms with van der Waals surface area (Å²) in [7, 11) is 1.73. The van der Waals surface area contributed by atoms with Crippen LogP contribution >= 0.6 is 0 Å². The fourth-order valence-corrected chi connectivity index (χ4v) is 4.75. The SMILES string of the molecule is COc1ccccc1N1CCN(c2ncnc3c2cnn3CC2CCCC2)CC1. The third kappa shape index (κ3) is 3.50. The fraction of sp³-hybridized carbons (Fsp3) is 0.500.